The van der Waals surface area contributed by atoms with E-state index in [-0.39, 0.29) is 5.56 Å². The summed E-state index contributed by atoms with van der Waals surface area (Å²) in [5, 5.41) is 4.92. The van der Waals surface area contributed by atoms with Crippen LogP contribution in [0.25, 0.3) is 21.8 Å². The smallest absolute Gasteiger partial charge is 0.354 e. The number of amides is 1. The van der Waals surface area contributed by atoms with Crippen LogP contribution < -0.4 is 5.32 Å². The Morgan fingerprint density at radius 2 is 1.75 bits per heavy atom. The molecule has 0 saturated carbocycles. The number of carbonyl (C=O) groups is 1. The molecule has 0 bridgehead atoms. The summed E-state index contributed by atoms with van der Waals surface area (Å²) >= 11 is 0. The predicted molar refractivity (Wildman–Crippen MR) is 105 cm³/mol. The van der Waals surface area contributed by atoms with Gasteiger partial charge in [0.15, 0.2) is 0 Å². The zero-order valence-electron chi connectivity index (χ0n) is 15.0. The van der Waals surface area contributed by atoms with E-state index in [1.165, 1.54) is 17.7 Å². The van der Waals surface area contributed by atoms with Gasteiger partial charge in [0.25, 0.3) is 5.91 Å². The van der Waals surface area contributed by atoms with Gasteiger partial charge in [-0.25, -0.2) is 0 Å². The number of aryl methyl sites for hydroxylation is 1. The molecule has 0 spiro atoms. The van der Waals surface area contributed by atoms with Crippen molar-refractivity contribution in [3.63, 3.8) is 0 Å². The van der Waals surface area contributed by atoms with Gasteiger partial charge in [-0.05, 0) is 48.4 Å². The summed E-state index contributed by atoms with van der Waals surface area (Å²) in [5.74, 6) is -0.460. The predicted octanol–water partition coefficient (Wildman–Crippen LogP) is 6.15. The van der Waals surface area contributed by atoms with Gasteiger partial charge in [0.05, 0.1) is 5.56 Å². The Hall–Kier alpha value is -3.28. The van der Waals surface area contributed by atoms with E-state index in [9.17, 15) is 18.0 Å². The van der Waals surface area contributed by atoms with E-state index < -0.39 is 17.6 Å². The number of hydrogen-bond donors (Lipinski definition) is 2. The highest BCUT2D eigenvalue weighted by molar-refractivity contribution is 6.10. The molecule has 3 aromatic carbocycles. The standard InChI is InChI=1S/C22H17F3N2O/c1-2-13-4-3-5-18-17-11-10-16(12-19(17)27-20(13)18)26-21(28)14-6-8-15(9-7-14)22(23,24)25/h3-12,27H,2H2,1H3,(H,26,28). The van der Waals surface area contributed by atoms with Gasteiger partial charge in [-0.1, -0.05) is 31.2 Å². The summed E-state index contributed by atoms with van der Waals surface area (Å²) < 4.78 is 38.0. The summed E-state index contributed by atoms with van der Waals surface area (Å²) in [4.78, 5) is 15.8. The summed E-state index contributed by atoms with van der Waals surface area (Å²) in [6.45, 7) is 2.09. The molecule has 0 unspecified atom stereocenters. The van der Waals surface area contributed by atoms with Crippen LogP contribution in [-0.4, -0.2) is 10.9 Å². The molecule has 6 heteroatoms. The number of nitrogens with one attached hydrogen (secondary N) is 2. The Bertz CT molecular complexity index is 1170. The molecule has 1 amide bonds. The van der Waals surface area contributed by atoms with Crippen molar-refractivity contribution in [1.29, 1.82) is 0 Å². The van der Waals surface area contributed by atoms with Crippen LogP contribution in [0.1, 0.15) is 28.4 Å². The van der Waals surface area contributed by atoms with Crippen LogP contribution in [0.5, 0.6) is 0 Å². The molecule has 1 aromatic heterocycles. The minimum Gasteiger partial charge on any atom is -0.354 e. The first-order valence-electron chi connectivity index (χ1n) is 8.89. The van der Waals surface area contributed by atoms with Gasteiger partial charge in [-0.2, -0.15) is 13.2 Å². The highest BCUT2D eigenvalue weighted by Crippen LogP contribution is 2.31. The molecule has 0 atom stereocenters. The van der Waals surface area contributed by atoms with Crippen LogP contribution in [0, 0.1) is 0 Å². The van der Waals surface area contributed by atoms with Crippen LogP contribution >= 0.6 is 0 Å². The lowest BCUT2D eigenvalue weighted by Crippen LogP contribution is -2.12. The van der Waals surface area contributed by atoms with Gasteiger partial charge in [0.1, 0.15) is 0 Å². The third kappa shape index (κ3) is 3.22. The van der Waals surface area contributed by atoms with E-state index in [1.54, 1.807) is 6.07 Å². The Morgan fingerprint density at radius 1 is 1.00 bits per heavy atom. The lowest BCUT2D eigenvalue weighted by atomic mass is 10.1. The highest BCUT2D eigenvalue weighted by Gasteiger charge is 2.30. The summed E-state index contributed by atoms with van der Waals surface area (Å²) in [6, 6.07) is 15.8. The zero-order chi connectivity index (χ0) is 19.9. The van der Waals surface area contributed by atoms with Crippen LogP contribution in [0.15, 0.2) is 60.7 Å². The molecule has 0 aliphatic carbocycles. The largest absolute Gasteiger partial charge is 0.416 e. The molecule has 0 radical (unpaired) electrons. The molecule has 0 fully saturated rings. The SMILES string of the molecule is CCc1cccc2c1[nH]c1cc(NC(=O)c3ccc(C(F)(F)F)cc3)ccc12. The van der Waals surface area contributed by atoms with E-state index >= 15 is 0 Å². The molecule has 3 nitrogen and oxygen atoms in total. The van der Waals surface area contributed by atoms with Crippen LogP contribution in [-0.2, 0) is 12.6 Å². The van der Waals surface area contributed by atoms with Gasteiger partial charge < -0.3 is 10.3 Å². The van der Waals surface area contributed by atoms with Crippen molar-refractivity contribution >= 4 is 33.4 Å². The van der Waals surface area contributed by atoms with Gasteiger partial charge in [-0.3, -0.25) is 4.79 Å². The second-order valence-electron chi connectivity index (χ2n) is 6.61. The lowest BCUT2D eigenvalue weighted by Gasteiger charge is -2.08. The molecule has 0 aliphatic heterocycles. The van der Waals surface area contributed by atoms with Gasteiger partial charge in [-0.15, -0.1) is 0 Å². The quantitative estimate of drug-likeness (QED) is 0.438. The first-order chi connectivity index (χ1) is 13.4. The van der Waals surface area contributed by atoms with E-state index in [4.69, 9.17) is 0 Å². The number of fused-ring (bicyclic) bond motifs is 3. The molecule has 1 heterocycles. The Balaban J connectivity index is 1.62. The highest BCUT2D eigenvalue weighted by atomic mass is 19.4. The number of carbonyl (C=O) groups excluding carboxylic acids is 1. The van der Waals surface area contributed by atoms with E-state index in [0.29, 0.717) is 5.69 Å². The molecular formula is C22H17F3N2O. The maximum atomic E-state index is 12.7. The molecule has 0 saturated heterocycles. The van der Waals surface area contributed by atoms with Crippen molar-refractivity contribution < 1.29 is 18.0 Å². The number of hydrogen-bond acceptors (Lipinski definition) is 1. The summed E-state index contributed by atoms with van der Waals surface area (Å²) in [6.07, 6.45) is -3.52. The zero-order valence-corrected chi connectivity index (χ0v) is 15.0. The Morgan fingerprint density at radius 3 is 2.43 bits per heavy atom. The summed E-state index contributed by atoms with van der Waals surface area (Å²) in [7, 11) is 0. The Labute approximate surface area is 159 Å². The fourth-order valence-corrected chi connectivity index (χ4v) is 3.38. The number of H-pyrrole nitrogens is 1. The molecule has 0 aliphatic rings. The number of aromatic amines is 1. The average molecular weight is 382 g/mol. The first kappa shape index (κ1) is 18.1. The second kappa shape index (κ2) is 6.71. The molecular weight excluding hydrogens is 365 g/mol. The molecule has 142 valence electrons. The number of benzene rings is 3. The minimum absolute atomic E-state index is 0.165. The maximum Gasteiger partial charge on any atom is 0.416 e. The number of anilines is 1. The minimum atomic E-state index is -4.42. The molecule has 4 aromatic rings. The number of aromatic nitrogens is 1. The number of halogens is 3. The second-order valence-corrected chi connectivity index (χ2v) is 6.61. The van der Waals surface area contributed by atoms with Crippen molar-refractivity contribution in [2.24, 2.45) is 0 Å². The monoisotopic (exact) mass is 382 g/mol. The van der Waals surface area contributed by atoms with Gasteiger partial charge in [0, 0.05) is 33.1 Å². The maximum absolute atomic E-state index is 12.7. The fourth-order valence-electron chi connectivity index (χ4n) is 3.38. The molecule has 2 N–H and O–H groups in total. The van der Waals surface area contributed by atoms with E-state index in [0.717, 1.165) is 40.4 Å². The van der Waals surface area contributed by atoms with Crippen LogP contribution in [0.4, 0.5) is 18.9 Å². The average Bonchev–Trinajstić information content (AvgIpc) is 3.05. The van der Waals surface area contributed by atoms with Crippen LogP contribution in [0.3, 0.4) is 0 Å². The van der Waals surface area contributed by atoms with Crippen molar-refractivity contribution in [3.8, 4) is 0 Å². The molecule has 4 rings (SSSR count). The normalized spacial score (nSPS) is 11.9. The first-order valence-corrected chi connectivity index (χ1v) is 8.89. The third-order valence-corrected chi connectivity index (χ3v) is 4.83. The fraction of sp³-hybridized carbons (Fsp3) is 0.136. The topological polar surface area (TPSA) is 44.9 Å². The van der Waals surface area contributed by atoms with Crippen LogP contribution in [0.2, 0.25) is 0 Å². The molecule has 28 heavy (non-hydrogen) atoms. The number of rotatable bonds is 3. The summed E-state index contributed by atoms with van der Waals surface area (Å²) in [5.41, 5.74) is 3.13. The van der Waals surface area contributed by atoms with Gasteiger partial charge in [0.2, 0.25) is 0 Å². The van der Waals surface area contributed by atoms with E-state index in [1.807, 2.05) is 24.3 Å². The van der Waals surface area contributed by atoms with Crippen molar-refractivity contribution in [3.05, 3.63) is 77.4 Å². The van der Waals surface area contributed by atoms with Crippen molar-refractivity contribution in [2.45, 2.75) is 19.5 Å². The van der Waals surface area contributed by atoms with Crippen molar-refractivity contribution in [1.82, 2.24) is 4.98 Å². The van der Waals surface area contributed by atoms with Gasteiger partial charge >= 0.3 is 6.18 Å². The third-order valence-electron chi connectivity index (χ3n) is 4.83. The Kier molecular flexibility index (Phi) is 4.34. The number of alkyl halides is 3. The van der Waals surface area contributed by atoms with Crippen molar-refractivity contribution in [2.75, 3.05) is 5.32 Å². The lowest BCUT2D eigenvalue weighted by molar-refractivity contribution is -0.137. The van der Waals surface area contributed by atoms with E-state index in [2.05, 4.69) is 23.3 Å². The number of para-hydroxylation sites is 1.